The molecule has 1 aromatic carbocycles. The van der Waals surface area contributed by atoms with Crippen LogP contribution in [0.3, 0.4) is 0 Å². The number of hydrogen-bond donors (Lipinski definition) is 0. The Labute approximate surface area is 93.4 Å². The monoisotopic (exact) mass is 244 g/mol. The van der Waals surface area contributed by atoms with Crippen molar-refractivity contribution in [3.05, 3.63) is 24.3 Å². The fraction of sp³-hybridized carbons (Fsp3) is 0.200. The van der Waals surface area contributed by atoms with Gasteiger partial charge in [0.05, 0.1) is 4.90 Å². The lowest BCUT2D eigenvalue weighted by Gasteiger charge is -1.98. The average Bonchev–Trinajstić information content (AvgIpc) is 2.18. The summed E-state index contributed by atoms with van der Waals surface area (Å²) in [6, 6.07) is 5.73. The van der Waals surface area contributed by atoms with Gasteiger partial charge in [0, 0.05) is 17.1 Å². The van der Waals surface area contributed by atoms with E-state index in [1.807, 2.05) is 6.92 Å². The summed E-state index contributed by atoms with van der Waals surface area (Å²) in [6.07, 6.45) is 3.18. The molecule has 15 heavy (non-hydrogen) atoms. The quantitative estimate of drug-likeness (QED) is 0.593. The minimum Gasteiger partial charge on any atom is -0.408 e. The molecule has 80 valence electrons. The molecule has 0 heterocycles. The molecule has 0 aliphatic heterocycles. The second kappa shape index (κ2) is 5.06. The van der Waals surface area contributed by atoms with Crippen molar-refractivity contribution in [2.24, 2.45) is 0 Å². The third-order valence-corrected chi connectivity index (χ3v) is 2.89. The maximum atomic E-state index is 10.9. The van der Waals surface area contributed by atoms with Gasteiger partial charge in [-0.1, -0.05) is 12.8 Å². The van der Waals surface area contributed by atoms with Gasteiger partial charge < -0.3 is 4.74 Å². The van der Waals surface area contributed by atoms with E-state index in [1.54, 1.807) is 0 Å². The zero-order valence-corrected chi connectivity index (χ0v) is 9.60. The molecule has 0 radical (unpaired) electrons. The van der Waals surface area contributed by atoms with Crippen molar-refractivity contribution in [2.75, 3.05) is 0 Å². The molecule has 0 fully saturated rings. The number of benzene rings is 1. The summed E-state index contributed by atoms with van der Waals surface area (Å²) in [5, 5.41) is 0. The Balaban J connectivity index is 2.82. The zero-order chi connectivity index (χ0) is 11.3. The average molecular weight is 245 g/mol. The smallest absolute Gasteiger partial charge is 0.261 e. The number of rotatable bonds is 2. The highest BCUT2D eigenvalue weighted by Crippen LogP contribution is 2.18. The Bertz CT molecular complexity index is 480. The first kappa shape index (κ1) is 11.9. The van der Waals surface area contributed by atoms with E-state index in [1.165, 1.54) is 24.3 Å². The van der Waals surface area contributed by atoms with Crippen LogP contribution in [0.25, 0.3) is 0 Å². The van der Waals surface area contributed by atoms with Gasteiger partial charge in [0.25, 0.3) is 9.05 Å². The first-order chi connectivity index (χ1) is 7.04. The molecule has 0 saturated heterocycles. The predicted molar refractivity (Wildman–Crippen MR) is 58.2 cm³/mol. The maximum Gasteiger partial charge on any atom is 0.261 e. The van der Waals surface area contributed by atoms with Crippen molar-refractivity contribution < 1.29 is 13.2 Å². The molecule has 0 unspecified atom stereocenters. The van der Waals surface area contributed by atoms with E-state index in [0.717, 1.165) is 0 Å². The highest BCUT2D eigenvalue weighted by Gasteiger charge is 2.08. The lowest BCUT2D eigenvalue weighted by atomic mass is 10.3. The SMILES string of the molecule is CCC#COc1ccc(S(=O)(=O)Cl)cc1. The zero-order valence-electron chi connectivity index (χ0n) is 8.03. The third kappa shape index (κ3) is 3.82. The van der Waals surface area contributed by atoms with Crippen LogP contribution < -0.4 is 4.74 Å². The topological polar surface area (TPSA) is 43.4 Å². The van der Waals surface area contributed by atoms with Gasteiger partial charge >= 0.3 is 0 Å². The number of hydrogen-bond acceptors (Lipinski definition) is 3. The molecule has 3 nitrogen and oxygen atoms in total. The first-order valence-corrected chi connectivity index (χ1v) is 6.54. The summed E-state index contributed by atoms with van der Waals surface area (Å²) in [6.45, 7) is 1.90. The van der Waals surface area contributed by atoms with Crippen LogP contribution in [0.15, 0.2) is 29.2 Å². The second-order valence-electron chi connectivity index (χ2n) is 2.64. The van der Waals surface area contributed by atoms with Crippen LogP contribution in [0.1, 0.15) is 13.3 Å². The molecule has 0 spiro atoms. The molecular weight excluding hydrogens is 236 g/mol. The lowest BCUT2D eigenvalue weighted by Crippen LogP contribution is -1.90. The van der Waals surface area contributed by atoms with E-state index < -0.39 is 9.05 Å². The van der Waals surface area contributed by atoms with Gasteiger partial charge in [0.1, 0.15) is 11.9 Å². The Hall–Kier alpha value is -1.18. The second-order valence-corrected chi connectivity index (χ2v) is 5.21. The minimum absolute atomic E-state index is 0.0416. The first-order valence-electron chi connectivity index (χ1n) is 4.23. The van der Waals surface area contributed by atoms with E-state index in [-0.39, 0.29) is 4.90 Å². The number of ether oxygens (including phenoxy) is 1. The minimum atomic E-state index is -3.66. The van der Waals surface area contributed by atoms with Gasteiger partial charge in [0.2, 0.25) is 0 Å². The molecule has 0 atom stereocenters. The van der Waals surface area contributed by atoms with E-state index in [0.29, 0.717) is 12.2 Å². The van der Waals surface area contributed by atoms with Crippen LogP contribution in [-0.4, -0.2) is 8.42 Å². The normalized spacial score (nSPS) is 10.3. The van der Waals surface area contributed by atoms with Crippen LogP contribution in [0.5, 0.6) is 5.75 Å². The van der Waals surface area contributed by atoms with Gasteiger partial charge in [-0.25, -0.2) is 8.42 Å². The van der Waals surface area contributed by atoms with Crippen molar-refractivity contribution in [2.45, 2.75) is 18.2 Å². The molecule has 5 heteroatoms. The molecule has 0 amide bonds. The molecule has 0 saturated carbocycles. The number of halogens is 1. The Morgan fingerprint density at radius 1 is 1.33 bits per heavy atom. The van der Waals surface area contributed by atoms with E-state index >= 15 is 0 Å². The van der Waals surface area contributed by atoms with Crippen molar-refractivity contribution in [3.8, 4) is 17.8 Å². The van der Waals surface area contributed by atoms with Gasteiger partial charge in [-0.3, -0.25) is 0 Å². The molecule has 0 aliphatic carbocycles. The summed E-state index contributed by atoms with van der Waals surface area (Å²) in [5.41, 5.74) is 0. The molecule has 0 aliphatic rings. The van der Waals surface area contributed by atoms with Crippen molar-refractivity contribution >= 4 is 19.7 Å². The van der Waals surface area contributed by atoms with Gasteiger partial charge in [-0.2, -0.15) is 0 Å². The van der Waals surface area contributed by atoms with E-state index in [9.17, 15) is 8.42 Å². The molecule has 0 N–H and O–H groups in total. The highest BCUT2D eigenvalue weighted by molar-refractivity contribution is 8.13. The molecule has 0 aromatic heterocycles. The van der Waals surface area contributed by atoms with E-state index in [2.05, 4.69) is 12.0 Å². The molecule has 1 aromatic rings. The van der Waals surface area contributed by atoms with Crippen molar-refractivity contribution in [3.63, 3.8) is 0 Å². The highest BCUT2D eigenvalue weighted by atomic mass is 35.7. The largest absolute Gasteiger partial charge is 0.408 e. The van der Waals surface area contributed by atoms with Crippen LogP contribution in [-0.2, 0) is 9.05 Å². The lowest BCUT2D eigenvalue weighted by molar-refractivity contribution is 0.518. The van der Waals surface area contributed by atoms with Crippen molar-refractivity contribution in [1.29, 1.82) is 0 Å². The maximum absolute atomic E-state index is 10.9. The molecular formula is C10H9ClO3S. The fourth-order valence-corrected chi connectivity index (χ4v) is 1.61. The third-order valence-electron chi connectivity index (χ3n) is 1.52. The van der Waals surface area contributed by atoms with Gasteiger partial charge in [-0.15, -0.1) is 0 Å². The Kier molecular flexibility index (Phi) is 4.01. The molecule has 0 bridgehead atoms. The van der Waals surface area contributed by atoms with Crippen LogP contribution in [0, 0.1) is 12.0 Å². The Morgan fingerprint density at radius 3 is 2.40 bits per heavy atom. The summed E-state index contributed by atoms with van der Waals surface area (Å²) in [5.74, 6) is 3.21. The standard InChI is InChI=1S/C10H9ClO3S/c1-2-3-8-14-9-4-6-10(7-5-9)15(11,12)13/h4-7H,2H2,1H3. The van der Waals surface area contributed by atoms with Gasteiger partial charge in [-0.05, 0) is 24.3 Å². The van der Waals surface area contributed by atoms with Crippen LogP contribution >= 0.6 is 10.7 Å². The molecule has 1 rings (SSSR count). The Morgan fingerprint density at radius 2 is 1.93 bits per heavy atom. The summed E-state index contributed by atoms with van der Waals surface area (Å²) in [7, 11) is 1.48. The van der Waals surface area contributed by atoms with Crippen LogP contribution in [0.2, 0.25) is 0 Å². The fourth-order valence-electron chi connectivity index (χ4n) is 0.837. The van der Waals surface area contributed by atoms with E-state index in [4.69, 9.17) is 15.4 Å². The predicted octanol–water partition coefficient (Wildman–Crippen LogP) is 2.36. The van der Waals surface area contributed by atoms with Gasteiger partial charge in [0.15, 0.2) is 0 Å². The summed E-state index contributed by atoms with van der Waals surface area (Å²) >= 11 is 0. The summed E-state index contributed by atoms with van der Waals surface area (Å²) < 4.78 is 26.8. The van der Waals surface area contributed by atoms with Crippen molar-refractivity contribution in [1.82, 2.24) is 0 Å². The summed E-state index contributed by atoms with van der Waals surface area (Å²) in [4.78, 5) is 0.0416. The van der Waals surface area contributed by atoms with Crippen LogP contribution in [0.4, 0.5) is 0 Å².